The highest BCUT2D eigenvalue weighted by Gasteiger charge is 2.36. The highest BCUT2D eigenvalue weighted by molar-refractivity contribution is 6.11. The maximum absolute atomic E-state index is 15.4. The SMILES string of the molecule is N#Cc1cccc(-c2cc(-n3c4ccccc4c4cc(C#N)ccc43)c(C(F)(F)F)cc2-n2c3ccccc3c3cc(C#N)ccc32)c1. The molecule has 0 saturated carbocycles. The molecule has 6 aromatic carbocycles. The zero-order valence-corrected chi connectivity index (χ0v) is 24.9. The number of nitriles is 3. The van der Waals surface area contributed by atoms with Gasteiger partial charge in [0.2, 0.25) is 0 Å². The molecule has 0 aliphatic heterocycles. The summed E-state index contributed by atoms with van der Waals surface area (Å²) in [5.74, 6) is 0. The molecule has 2 aromatic heterocycles. The van der Waals surface area contributed by atoms with Crippen LogP contribution in [-0.2, 0) is 6.18 Å². The van der Waals surface area contributed by atoms with Gasteiger partial charge in [-0.25, -0.2) is 0 Å². The van der Waals surface area contributed by atoms with Crippen molar-refractivity contribution in [1.29, 1.82) is 15.8 Å². The third kappa shape index (κ3) is 4.31. The van der Waals surface area contributed by atoms with Gasteiger partial charge in [-0.05, 0) is 78.4 Å². The predicted molar refractivity (Wildman–Crippen MR) is 180 cm³/mol. The van der Waals surface area contributed by atoms with Crippen LogP contribution in [0, 0.1) is 34.0 Å². The van der Waals surface area contributed by atoms with E-state index in [4.69, 9.17) is 0 Å². The van der Waals surface area contributed by atoms with Gasteiger partial charge < -0.3 is 9.13 Å². The molecular weight excluding hydrogens is 607 g/mol. The largest absolute Gasteiger partial charge is 0.418 e. The first-order valence-corrected chi connectivity index (χ1v) is 14.9. The molecule has 0 aliphatic rings. The van der Waals surface area contributed by atoms with Crippen molar-refractivity contribution in [3.05, 3.63) is 144 Å². The fourth-order valence-corrected chi connectivity index (χ4v) is 6.77. The summed E-state index contributed by atoms with van der Waals surface area (Å²) in [6.07, 6.45) is -4.77. The van der Waals surface area contributed by atoms with E-state index >= 15 is 13.2 Å². The Morgan fingerprint density at radius 1 is 0.458 bits per heavy atom. The van der Waals surface area contributed by atoms with Crippen molar-refractivity contribution in [1.82, 2.24) is 9.13 Å². The first-order valence-electron chi connectivity index (χ1n) is 14.9. The number of rotatable bonds is 3. The summed E-state index contributed by atoms with van der Waals surface area (Å²) in [6.45, 7) is 0. The van der Waals surface area contributed by atoms with Gasteiger partial charge in [-0.15, -0.1) is 0 Å². The van der Waals surface area contributed by atoms with Crippen molar-refractivity contribution >= 4 is 43.6 Å². The van der Waals surface area contributed by atoms with Gasteiger partial charge in [-0.1, -0.05) is 48.5 Å². The molecule has 0 saturated heterocycles. The normalized spacial score (nSPS) is 11.6. The van der Waals surface area contributed by atoms with Crippen LogP contribution in [0.1, 0.15) is 22.3 Å². The molecule has 0 aliphatic carbocycles. The van der Waals surface area contributed by atoms with Gasteiger partial charge in [0.1, 0.15) is 0 Å². The Balaban J connectivity index is 1.56. The van der Waals surface area contributed by atoms with Crippen LogP contribution < -0.4 is 0 Å². The molecule has 0 radical (unpaired) electrons. The lowest BCUT2D eigenvalue weighted by Gasteiger charge is -2.22. The van der Waals surface area contributed by atoms with E-state index in [9.17, 15) is 15.8 Å². The van der Waals surface area contributed by atoms with Crippen LogP contribution in [-0.4, -0.2) is 9.13 Å². The lowest BCUT2D eigenvalue weighted by Crippen LogP contribution is -2.13. The molecule has 0 N–H and O–H groups in total. The maximum Gasteiger partial charge on any atom is 0.418 e. The van der Waals surface area contributed by atoms with E-state index in [1.165, 1.54) is 6.07 Å². The van der Waals surface area contributed by atoms with Crippen molar-refractivity contribution in [2.75, 3.05) is 0 Å². The average Bonchev–Trinajstić information content (AvgIpc) is 3.62. The number of alkyl halides is 3. The van der Waals surface area contributed by atoms with E-state index in [1.807, 2.05) is 36.4 Å². The maximum atomic E-state index is 15.4. The van der Waals surface area contributed by atoms with E-state index in [0.29, 0.717) is 60.7 Å². The molecule has 226 valence electrons. The fraction of sp³-hybridized carbons (Fsp3) is 0.0250. The van der Waals surface area contributed by atoms with Crippen molar-refractivity contribution in [3.63, 3.8) is 0 Å². The van der Waals surface area contributed by atoms with E-state index in [2.05, 4.69) is 18.2 Å². The summed E-state index contributed by atoms with van der Waals surface area (Å²) in [5, 5.41) is 31.9. The van der Waals surface area contributed by atoms with Crippen LogP contribution >= 0.6 is 0 Å². The van der Waals surface area contributed by atoms with Crippen LogP contribution in [0.15, 0.2) is 121 Å². The second kappa shape index (κ2) is 10.6. The number of hydrogen-bond acceptors (Lipinski definition) is 3. The molecule has 5 nitrogen and oxygen atoms in total. The third-order valence-electron chi connectivity index (χ3n) is 8.81. The second-order valence-electron chi connectivity index (χ2n) is 11.5. The smallest absolute Gasteiger partial charge is 0.309 e. The first-order chi connectivity index (χ1) is 23.3. The molecule has 0 bridgehead atoms. The fourth-order valence-electron chi connectivity index (χ4n) is 6.77. The van der Waals surface area contributed by atoms with Crippen molar-refractivity contribution in [3.8, 4) is 40.7 Å². The van der Waals surface area contributed by atoms with Gasteiger partial charge >= 0.3 is 6.18 Å². The number of hydrogen-bond donors (Lipinski definition) is 0. The van der Waals surface area contributed by atoms with E-state index in [1.54, 1.807) is 88.0 Å². The molecule has 0 fully saturated rings. The topological polar surface area (TPSA) is 81.2 Å². The number of para-hydroxylation sites is 2. The summed E-state index contributed by atoms with van der Waals surface area (Å²) in [5.41, 5.74) is 3.93. The zero-order chi connectivity index (χ0) is 33.2. The van der Waals surface area contributed by atoms with Gasteiger partial charge in [-0.2, -0.15) is 29.0 Å². The minimum absolute atomic E-state index is 0.0907. The predicted octanol–water partition coefficient (Wildman–Crippen LogP) is 10.2. The Morgan fingerprint density at radius 3 is 1.50 bits per heavy atom. The Labute approximate surface area is 271 Å². The van der Waals surface area contributed by atoms with Crippen LogP contribution in [0.25, 0.3) is 66.1 Å². The molecule has 0 spiro atoms. The van der Waals surface area contributed by atoms with E-state index in [0.717, 1.165) is 10.8 Å². The standard InChI is InChI=1S/C40H20F3N5/c41-40(42,43)33-20-38(47-34-10-3-1-8-28(34)31-17-25(22-45)12-14-36(31)47)30(27-7-5-6-24(16-27)21-44)19-39(33)48-35-11-4-2-9-29(35)32-18-26(23-46)13-15-37(32)48/h1-20H. The van der Waals surface area contributed by atoms with E-state index < -0.39 is 11.7 Å². The lowest BCUT2D eigenvalue weighted by molar-refractivity contribution is -0.137. The van der Waals surface area contributed by atoms with Crippen LogP contribution in [0.4, 0.5) is 13.2 Å². The van der Waals surface area contributed by atoms with Crippen LogP contribution in [0.3, 0.4) is 0 Å². The summed E-state index contributed by atoms with van der Waals surface area (Å²) in [7, 11) is 0. The van der Waals surface area contributed by atoms with Gasteiger partial charge in [0.15, 0.2) is 0 Å². The molecular formula is C40H20F3N5. The Hall–Kier alpha value is -6.82. The highest BCUT2D eigenvalue weighted by atomic mass is 19.4. The summed E-state index contributed by atoms with van der Waals surface area (Å²) < 4.78 is 49.6. The van der Waals surface area contributed by atoms with Gasteiger partial charge in [0.25, 0.3) is 0 Å². The number of nitrogens with zero attached hydrogens (tertiary/aromatic N) is 5. The second-order valence-corrected chi connectivity index (χ2v) is 11.5. The lowest BCUT2D eigenvalue weighted by atomic mass is 9.97. The Morgan fingerprint density at radius 2 is 0.958 bits per heavy atom. The molecule has 8 heteroatoms. The summed E-state index contributed by atoms with van der Waals surface area (Å²) in [4.78, 5) is 0. The molecule has 8 rings (SSSR count). The minimum Gasteiger partial charge on any atom is -0.309 e. The van der Waals surface area contributed by atoms with Crippen molar-refractivity contribution in [2.45, 2.75) is 6.18 Å². The summed E-state index contributed by atoms with van der Waals surface area (Å²) in [6, 6.07) is 40.7. The molecule has 0 amide bonds. The monoisotopic (exact) mass is 627 g/mol. The third-order valence-corrected chi connectivity index (χ3v) is 8.81. The average molecular weight is 628 g/mol. The van der Waals surface area contributed by atoms with Crippen LogP contribution in [0.5, 0.6) is 0 Å². The quantitative estimate of drug-likeness (QED) is 0.195. The van der Waals surface area contributed by atoms with Crippen molar-refractivity contribution < 1.29 is 13.2 Å². The number of fused-ring (bicyclic) bond motifs is 6. The Kier molecular flexibility index (Phi) is 6.34. The number of aromatic nitrogens is 2. The highest BCUT2D eigenvalue weighted by Crippen LogP contribution is 2.45. The van der Waals surface area contributed by atoms with Crippen molar-refractivity contribution in [2.24, 2.45) is 0 Å². The number of benzene rings is 6. The molecule has 8 aromatic rings. The van der Waals surface area contributed by atoms with Gasteiger partial charge in [0.05, 0.1) is 73.9 Å². The number of halogens is 3. The van der Waals surface area contributed by atoms with E-state index in [-0.39, 0.29) is 11.4 Å². The van der Waals surface area contributed by atoms with Gasteiger partial charge in [-0.3, -0.25) is 0 Å². The molecule has 0 atom stereocenters. The summed E-state index contributed by atoms with van der Waals surface area (Å²) >= 11 is 0. The molecule has 2 heterocycles. The molecule has 48 heavy (non-hydrogen) atoms. The van der Waals surface area contributed by atoms with Crippen LogP contribution in [0.2, 0.25) is 0 Å². The molecule has 0 unspecified atom stereocenters. The zero-order valence-electron chi connectivity index (χ0n) is 24.9. The minimum atomic E-state index is -4.77. The Bertz CT molecular complexity index is 2760. The van der Waals surface area contributed by atoms with Gasteiger partial charge in [0, 0.05) is 27.1 Å². The first kappa shape index (κ1) is 28.6.